The molecule has 0 aliphatic rings. The van der Waals surface area contributed by atoms with Crippen molar-refractivity contribution >= 4 is 28.4 Å². The van der Waals surface area contributed by atoms with Crippen molar-refractivity contribution in [2.75, 3.05) is 5.75 Å². The third kappa shape index (κ3) is 3.42. The first-order valence-corrected chi connectivity index (χ1v) is 8.50. The molecule has 1 aromatic heterocycles. The van der Waals surface area contributed by atoms with E-state index in [1.54, 1.807) is 0 Å². The normalized spacial score (nSPS) is 10.9. The van der Waals surface area contributed by atoms with Gasteiger partial charge in [0.25, 0.3) is 0 Å². The van der Waals surface area contributed by atoms with E-state index in [4.69, 9.17) is 0 Å². The van der Waals surface area contributed by atoms with Crippen molar-refractivity contribution in [3.05, 3.63) is 65.0 Å². The summed E-state index contributed by atoms with van der Waals surface area (Å²) in [4.78, 5) is 21.4. The summed E-state index contributed by atoms with van der Waals surface area (Å²) in [5.74, 6) is 1.23. The molecule has 1 heterocycles. The van der Waals surface area contributed by atoms with Crippen molar-refractivity contribution in [3.63, 3.8) is 0 Å². The highest BCUT2D eigenvalue weighted by Gasteiger charge is 2.11. The lowest BCUT2D eigenvalue weighted by molar-refractivity contribution is 0.102. The second kappa shape index (κ2) is 6.50. The summed E-state index contributed by atoms with van der Waals surface area (Å²) >= 11 is 1.48. The molecule has 116 valence electrons. The maximum atomic E-state index is 12.4. The molecule has 0 spiro atoms. The Morgan fingerprint density at radius 3 is 2.57 bits per heavy atom. The molecule has 3 rings (SSSR count). The van der Waals surface area contributed by atoms with Crippen LogP contribution in [0.15, 0.2) is 47.5 Å². The van der Waals surface area contributed by atoms with E-state index in [1.807, 2.05) is 63.2 Å². The average molecular weight is 322 g/mol. The molecule has 0 radical (unpaired) electrons. The van der Waals surface area contributed by atoms with Crippen LogP contribution in [0.1, 0.15) is 27.3 Å². The molecule has 0 atom stereocenters. The Morgan fingerprint density at radius 2 is 1.78 bits per heavy atom. The standard InChI is InChI=1S/C19H18N2OS/c1-12-8-9-15(10-13(12)2)18(22)11-23-19-16-6-4-5-7-17(16)20-14(3)21-19/h4-10H,11H2,1-3H3. The molecule has 0 saturated carbocycles. The number of hydrogen-bond donors (Lipinski definition) is 0. The number of aryl methyl sites for hydroxylation is 3. The minimum atomic E-state index is 0.124. The van der Waals surface area contributed by atoms with Gasteiger partial charge >= 0.3 is 0 Å². The number of fused-ring (bicyclic) bond motifs is 1. The lowest BCUT2D eigenvalue weighted by atomic mass is 10.0. The number of carbonyl (C=O) groups is 1. The highest BCUT2D eigenvalue weighted by molar-refractivity contribution is 8.00. The number of hydrogen-bond acceptors (Lipinski definition) is 4. The van der Waals surface area contributed by atoms with Gasteiger partial charge in [-0.25, -0.2) is 9.97 Å². The van der Waals surface area contributed by atoms with Crippen LogP contribution in [0, 0.1) is 20.8 Å². The van der Waals surface area contributed by atoms with E-state index in [0.29, 0.717) is 5.75 Å². The first-order chi connectivity index (χ1) is 11.0. The third-order valence-electron chi connectivity index (χ3n) is 3.85. The van der Waals surface area contributed by atoms with Crippen molar-refractivity contribution in [3.8, 4) is 0 Å². The van der Waals surface area contributed by atoms with Crippen molar-refractivity contribution < 1.29 is 4.79 Å². The number of rotatable bonds is 4. The topological polar surface area (TPSA) is 42.9 Å². The van der Waals surface area contributed by atoms with E-state index in [9.17, 15) is 4.79 Å². The van der Waals surface area contributed by atoms with Crippen LogP contribution in [0.2, 0.25) is 0 Å². The Kier molecular flexibility index (Phi) is 4.44. The Hall–Kier alpha value is -2.20. The van der Waals surface area contributed by atoms with Crippen LogP contribution in [0.5, 0.6) is 0 Å². The van der Waals surface area contributed by atoms with E-state index < -0.39 is 0 Å². The molecule has 0 N–H and O–H groups in total. The summed E-state index contributed by atoms with van der Waals surface area (Å²) in [6, 6.07) is 13.8. The maximum absolute atomic E-state index is 12.4. The van der Waals surface area contributed by atoms with Crippen LogP contribution in [-0.4, -0.2) is 21.5 Å². The van der Waals surface area contributed by atoms with Gasteiger partial charge in [0.15, 0.2) is 5.78 Å². The zero-order valence-corrected chi connectivity index (χ0v) is 14.3. The lowest BCUT2D eigenvalue weighted by Crippen LogP contribution is -2.04. The lowest BCUT2D eigenvalue weighted by Gasteiger charge is -2.07. The summed E-state index contributed by atoms with van der Waals surface area (Å²) in [6.07, 6.45) is 0. The third-order valence-corrected chi connectivity index (χ3v) is 4.84. The predicted molar refractivity (Wildman–Crippen MR) is 95.2 cm³/mol. The Bertz CT molecular complexity index is 890. The van der Waals surface area contributed by atoms with E-state index >= 15 is 0 Å². The van der Waals surface area contributed by atoms with E-state index in [-0.39, 0.29) is 5.78 Å². The van der Waals surface area contributed by atoms with Crippen LogP contribution in [-0.2, 0) is 0 Å². The fourth-order valence-corrected chi connectivity index (χ4v) is 3.36. The molecule has 0 saturated heterocycles. The number of thioether (sulfide) groups is 1. The quantitative estimate of drug-likeness (QED) is 0.402. The summed E-state index contributed by atoms with van der Waals surface area (Å²) in [5.41, 5.74) is 4.02. The summed E-state index contributed by atoms with van der Waals surface area (Å²) in [6.45, 7) is 5.95. The number of para-hydroxylation sites is 1. The van der Waals surface area contributed by atoms with E-state index in [0.717, 1.165) is 32.9 Å². The molecule has 4 heteroatoms. The molecule has 0 aliphatic heterocycles. The average Bonchev–Trinajstić information content (AvgIpc) is 2.54. The van der Waals surface area contributed by atoms with Crippen LogP contribution >= 0.6 is 11.8 Å². The van der Waals surface area contributed by atoms with Gasteiger partial charge in [-0.3, -0.25) is 4.79 Å². The summed E-state index contributed by atoms with van der Waals surface area (Å²) in [5, 5.41) is 1.86. The monoisotopic (exact) mass is 322 g/mol. The zero-order chi connectivity index (χ0) is 16.4. The van der Waals surface area contributed by atoms with Crippen LogP contribution in [0.25, 0.3) is 10.9 Å². The van der Waals surface area contributed by atoms with Crippen molar-refractivity contribution in [1.82, 2.24) is 9.97 Å². The van der Waals surface area contributed by atoms with Crippen LogP contribution in [0.3, 0.4) is 0 Å². The highest BCUT2D eigenvalue weighted by Crippen LogP contribution is 2.26. The number of carbonyl (C=O) groups excluding carboxylic acids is 1. The number of Topliss-reactive ketones (excluding diaryl/α,β-unsaturated/α-hetero) is 1. The molecule has 0 fully saturated rings. The molecule has 0 unspecified atom stereocenters. The van der Waals surface area contributed by atoms with Crippen molar-refractivity contribution in [2.45, 2.75) is 25.8 Å². The largest absolute Gasteiger partial charge is 0.293 e. The SMILES string of the molecule is Cc1nc(SCC(=O)c2ccc(C)c(C)c2)c2ccccc2n1. The Balaban J connectivity index is 1.83. The molecular weight excluding hydrogens is 304 g/mol. The minimum Gasteiger partial charge on any atom is -0.293 e. The van der Waals surface area contributed by atoms with Gasteiger partial charge in [-0.2, -0.15) is 0 Å². The van der Waals surface area contributed by atoms with Crippen LogP contribution in [0.4, 0.5) is 0 Å². The Labute approximate surface area is 140 Å². The maximum Gasteiger partial charge on any atom is 0.173 e. The summed E-state index contributed by atoms with van der Waals surface area (Å²) in [7, 11) is 0. The first-order valence-electron chi connectivity index (χ1n) is 7.51. The number of ketones is 1. The smallest absolute Gasteiger partial charge is 0.173 e. The summed E-state index contributed by atoms with van der Waals surface area (Å²) < 4.78 is 0. The van der Waals surface area contributed by atoms with E-state index in [2.05, 4.69) is 9.97 Å². The van der Waals surface area contributed by atoms with Gasteiger partial charge in [0.1, 0.15) is 10.9 Å². The molecule has 23 heavy (non-hydrogen) atoms. The first kappa shape index (κ1) is 15.7. The van der Waals surface area contributed by atoms with Gasteiger partial charge in [0.05, 0.1) is 11.3 Å². The molecule has 0 bridgehead atoms. The van der Waals surface area contributed by atoms with Crippen molar-refractivity contribution in [1.29, 1.82) is 0 Å². The van der Waals surface area contributed by atoms with Gasteiger partial charge in [-0.15, -0.1) is 0 Å². The zero-order valence-electron chi connectivity index (χ0n) is 13.5. The molecule has 3 nitrogen and oxygen atoms in total. The minimum absolute atomic E-state index is 0.124. The fraction of sp³-hybridized carbons (Fsp3) is 0.211. The Morgan fingerprint density at radius 1 is 1.00 bits per heavy atom. The van der Waals surface area contributed by atoms with Gasteiger partial charge in [0.2, 0.25) is 0 Å². The molecular formula is C19H18N2OS. The van der Waals surface area contributed by atoms with Gasteiger partial charge in [-0.05, 0) is 44.0 Å². The molecule has 0 aliphatic carbocycles. The molecule has 3 aromatic rings. The number of aromatic nitrogens is 2. The molecule has 0 amide bonds. The van der Waals surface area contributed by atoms with Crippen molar-refractivity contribution in [2.24, 2.45) is 0 Å². The number of benzene rings is 2. The predicted octanol–water partition coefficient (Wildman–Crippen LogP) is 4.53. The van der Waals surface area contributed by atoms with Gasteiger partial charge in [-0.1, -0.05) is 42.1 Å². The second-order valence-electron chi connectivity index (χ2n) is 5.60. The number of nitrogens with zero attached hydrogens (tertiary/aromatic N) is 2. The highest BCUT2D eigenvalue weighted by atomic mass is 32.2. The van der Waals surface area contributed by atoms with Gasteiger partial charge in [0, 0.05) is 10.9 Å². The molecule has 2 aromatic carbocycles. The fourth-order valence-electron chi connectivity index (χ4n) is 2.40. The second-order valence-corrected chi connectivity index (χ2v) is 6.57. The van der Waals surface area contributed by atoms with Gasteiger partial charge < -0.3 is 0 Å². The van der Waals surface area contributed by atoms with E-state index in [1.165, 1.54) is 17.3 Å². The van der Waals surface area contributed by atoms with Crippen LogP contribution < -0.4 is 0 Å².